The number of carbonyl (C=O) groups is 1. The Morgan fingerprint density at radius 2 is 2.00 bits per heavy atom. The third kappa shape index (κ3) is 9.56. The molecule has 2 N–H and O–H groups in total. The lowest BCUT2D eigenvalue weighted by Gasteiger charge is -2.37. The molecule has 0 fully saturated rings. The molecule has 0 radical (unpaired) electrons. The van der Waals surface area contributed by atoms with Crippen molar-refractivity contribution >= 4 is 42.6 Å². The molecule has 0 rings (SSSR count). The highest BCUT2D eigenvalue weighted by Gasteiger charge is 2.39. The van der Waals surface area contributed by atoms with E-state index in [1.165, 1.54) is 17.8 Å². The summed E-state index contributed by atoms with van der Waals surface area (Å²) in [6.07, 6.45) is 3.38. The maximum absolute atomic E-state index is 11.8. The summed E-state index contributed by atoms with van der Waals surface area (Å²) in [6.45, 7) is 17.1. The van der Waals surface area contributed by atoms with Gasteiger partial charge in [0.1, 0.15) is 0 Å². The van der Waals surface area contributed by atoms with Crippen LogP contribution in [0.2, 0.25) is 11.6 Å². The van der Waals surface area contributed by atoms with Gasteiger partial charge in [0.2, 0.25) is 14.2 Å². The summed E-state index contributed by atoms with van der Waals surface area (Å²) in [4.78, 5) is 14.6. The van der Waals surface area contributed by atoms with Crippen molar-refractivity contribution in [3.63, 3.8) is 0 Å². The van der Waals surface area contributed by atoms with Crippen molar-refractivity contribution in [2.45, 2.75) is 52.2 Å². The number of carbonyl (C=O) groups excluding carboxylic acids is 1. The molecular weight excluding hydrogens is 410 g/mol. The molecule has 1 amide bonds. The van der Waals surface area contributed by atoms with E-state index in [4.69, 9.17) is 21.4 Å². The van der Waals surface area contributed by atoms with Gasteiger partial charge in [0, 0.05) is 22.6 Å². The molecule has 0 heterocycles. The van der Waals surface area contributed by atoms with Crippen LogP contribution in [0.4, 0.5) is 0 Å². The van der Waals surface area contributed by atoms with Gasteiger partial charge in [-0.1, -0.05) is 62.5 Å². The zero-order valence-electron chi connectivity index (χ0n) is 18.5. The van der Waals surface area contributed by atoms with Gasteiger partial charge in [-0.25, -0.2) is 0 Å². The van der Waals surface area contributed by atoms with Crippen molar-refractivity contribution < 1.29 is 9.22 Å². The third-order valence-corrected chi connectivity index (χ3v) is 10.2. The van der Waals surface area contributed by atoms with Crippen LogP contribution >= 0.6 is 23.4 Å². The van der Waals surface area contributed by atoms with Gasteiger partial charge < -0.3 is 14.6 Å². The van der Waals surface area contributed by atoms with Crippen molar-refractivity contribution in [2.75, 3.05) is 27.2 Å². The Hall–Kier alpha value is -0.863. The molecule has 0 spiro atoms. The normalized spacial score (nSPS) is 16.1. The fourth-order valence-electron chi connectivity index (χ4n) is 2.32. The molecular formula is C20H36ClN3O2SSi. The van der Waals surface area contributed by atoms with Gasteiger partial charge in [-0.05, 0) is 39.5 Å². The number of halogens is 1. The summed E-state index contributed by atoms with van der Waals surface area (Å²) in [7, 11) is 1.72. The van der Waals surface area contributed by atoms with E-state index in [0.717, 1.165) is 4.91 Å². The van der Waals surface area contributed by atoms with E-state index >= 15 is 0 Å². The predicted molar refractivity (Wildman–Crippen MR) is 127 cm³/mol. The standard InChI is InChI=1S/C20H36ClN3O2SSi/c1-10-11-28(9,20(4,5)6)26-14-18(22)27-16(3)17(24(7)8)13-23-19(25)12-15(2)21/h10-12,17,22H,3,13-14H2,1-2,4-9H3,(H,23,25)/b11-10+,15-12-,22-18?. The minimum atomic E-state index is -2.11. The SMILES string of the molecule is C=C(SC(=N)CO[Si](C)(/C=C/C)C(C)(C)C)C(CNC(=O)/C=C(/C)Cl)N(C)C. The summed E-state index contributed by atoms with van der Waals surface area (Å²) < 4.78 is 6.24. The molecule has 0 saturated carbocycles. The molecule has 28 heavy (non-hydrogen) atoms. The largest absolute Gasteiger partial charge is 0.406 e. The fourth-order valence-corrected chi connectivity index (χ4v) is 5.49. The lowest BCUT2D eigenvalue weighted by Crippen LogP contribution is -2.43. The minimum absolute atomic E-state index is 0.0337. The van der Waals surface area contributed by atoms with Crippen LogP contribution < -0.4 is 5.32 Å². The van der Waals surface area contributed by atoms with Crippen LogP contribution in [0.3, 0.4) is 0 Å². The average molecular weight is 446 g/mol. The molecule has 160 valence electrons. The Bertz CT molecular complexity index is 625. The highest BCUT2D eigenvalue weighted by molar-refractivity contribution is 8.17. The smallest absolute Gasteiger partial charge is 0.245 e. The summed E-state index contributed by atoms with van der Waals surface area (Å²) >= 11 is 7.03. The van der Waals surface area contributed by atoms with E-state index in [1.807, 2.05) is 32.0 Å². The Morgan fingerprint density at radius 3 is 2.43 bits per heavy atom. The number of thioether (sulfide) groups is 1. The van der Waals surface area contributed by atoms with Gasteiger partial charge in [0.15, 0.2) is 0 Å². The van der Waals surface area contributed by atoms with Crippen LogP contribution in [-0.4, -0.2) is 57.5 Å². The molecule has 0 aliphatic rings. The number of hydrogen-bond donors (Lipinski definition) is 2. The maximum Gasteiger partial charge on any atom is 0.245 e. The number of amides is 1. The van der Waals surface area contributed by atoms with Crippen LogP contribution in [0, 0.1) is 5.41 Å². The Labute approximate surface area is 181 Å². The molecule has 5 nitrogen and oxygen atoms in total. The van der Waals surface area contributed by atoms with E-state index < -0.39 is 8.32 Å². The first-order valence-corrected chi connectivity index (χ1v) is 12.9. The van der Waals surface area contributed by atoms with Crippen molar-refractivity contribution in [1.29, 1.82) is 5.41 Å². The molecule has 0 aliphatic carbocycles. The first-order chi connectivity index (χ1) is 12.7. The topological polar surface area (TPSA) is 65.4 Å². The molecule has 2 atom stereocenters. The monoisotopic (exact) mass is 445 g/mol. The summed E-state index contributed by atoms with van der Waals surface area (Å²) in [5.41, 5.74) is 2.17. The van der Waals surface area contributed by atoms with Crippen LogP contribution in [-0.2, 0) is 9.22 Å². The first-order valence-electron chi connectivity index (χ1n) is 9.23. The van der Waals surface area contributed by atoms with Crippen LogP contribution in [0.15, 0.2) is 34.4 Å². The fraction of sp³-hybridized carbons (Fsp3) is 0.600. The van der Waals surface area contributed by atoms with Gasteiger partial charge in [0.25, 0.3) is 0 Å². The Kier molecular flexibility index (Phi) is 11.6. The van der Waals surface area contributed by atoms with Gasteiger partial charge in [-0.2, -0.15) is 0 Å². The molecule has 0 saturated heterocycles. The maximum atomic E-state index is 11.8. The lowest BCUT2D eigenvalue weighted by atomic mass is 10.2. The highest BCUT2D eigenvalue weighted by atomic mass is 35.5. The quantitative estimate of drug-likeness (QED) is 0.217. The second-order valence-electron chi connectivity index (χ2n) is 8.09. The molecule has 8 heteroatoms. The highest BCUT2D eigenvalue weighted by Crippen LogP contribution is 2.38. The van der Waals surface area contributed by atoms with E-state index in [9.17, 15) is 4.79 Å². The van der Waals surface area contributed by atoms with Crippen LogP contribution in [0.5, 0.6) is 0 Å². The molecule has 2 unspecified atom stereocenters. The van der Waals surface area contributed by atoms with Crippen molar-refractivity contribution in [2.24, 2.45) is 0 Å². The first kappa shape index (κ1) is 27.1. The summed E-state index contributed by atoms with van der Waals surface area (Å²) in [5.74, 6) is -0.242. The second kappa shape index (κ2) is 12.0. The average Bonchev–Trinajstić information content (AvgIpc) is 2.51. The van der Waals surface area contributed by atoms with Crippen LogP contribution in [0.25, 0.3) is 0 Å². The second-order valence-corrected chi connectivity index (χ2v) is 14.2. The minimum Gasteiger partial charge on any atom is -0.406 e. The summed E-state index contributed by atoms with van der Waals surface area (Å²) in [6, 6.07) is -0.111. The van der Waals surface area contributed by atoms with E-state index in [1.54, 1.807) is 6.92 Å². The van der Waals surface area contributed by atoms with E-state index in [0.29, 0.717) is 16.6 Å². The zero-order valence-corrected chi connectivity index (χ0v) is 21.1. The van der Waals surface area contributed by atoms with Gasteiger partial charge in [-0.15, -0.1) is 0 Å². The molecule has 0 aromatic heterocycles. The number of hydrogen-bond acceptors (Lipinski definition) is 5. The molecule has 0 aromatic rings. The number of nitrogens with zero attached hydrogens (tertiary/aromatic N) is 1. The van der Waals surface area contributed by atoms with Gasteiger partial charge in [-0.3, -0.25) is 10.2 Å². The predicted octanol–water partition coefficient (Wildman–Crippen LogP) is 4.91. The van der Waals surface area contributed by atoms with Crippen molar-refractivity contribution in [1.82, 2.24) is 10.2 Å². The zero-order chi connectivity index (χ0) is 22.1. The van der Waals surface area contributed by atoms with E-state index in [2.05, 4.69) is 44.9 Å². The number of likely N-dealkylation sites (N-methyl/N-ethyl adjacent to an activating group) is 1. The molecule has 0 aromatic carbocycles. The van der Waals surface area contributed by atoms with Gasteiger partial charge in [0.05, 0.1) is 17.7 Å². The number of nitrogens with one attached hydrogen (secondary N) is 2. The number of rotatable bonds is 10. The van der Waals surface area contributed by atoms with Crippen LogP contribution in [0.1, 0.15) is 34.6 Å². The summed E-state index contributed by atoms with van der Waals surface area (Å²) in [5, 5.41) is 12.0. The Balaban J connectivity index is 4.89. The Morgan fingerprint density at radius 1 is 1.43 bits per heavy atom. The molecule has 0 aliphatic heterocycles. The van der Waals surface area contributed by atoms with E-state index in [-0.39, 0.29) is 23.6 Å². The van der Waals surface area contributed by atoms with Gasteiger partial charge >= 0.3 is 0 Å². The van der Waals surface area contributed by atoms with Crippen molar-refractivity contribution in [3.8, 4) is 0 Å². The molecule has 0 bridgehead atoms. The lowest BCUT2D eigenvalue weighted by molar-refractivity contribution is -0.116. The van der Waals surface area contributed by atoms with Crippen molar-refractivity contribution in [3.05, 3.63) is 34.4 Å². The third-order valence-electron chi connectivity index (χ3n) is 4.53. The number of allylic oxidation sites excluding steroid dienone is 2.